The van der Waals surface area contributed by atoms with Gasteiger partial charge in [-0.15, -0.1) is 0 Å². The first-order valence-electron chi connectivity index (χ1n) is 9.03. The van der Waals surface area contributed by atoms with E-state index in [9.17, 15) is 14.4 Å². The van der Waals surface area contributed by atoms with Crippen molar-refractivity contribution in [1.29, 1.82) is 0 Å². The van der Waals surface area contributed by atoms with Crippen LogP contribution in [0.2, 0.25) is 0 Å². The molecular weight excluding hydrogens is 326 g/mol. The summed E-state index contributed by atoms with van der Waals surface area (Å²) in [5.41, 5.74) is 5.78. The Kier molecular flexibility index (Phi) is 8.35. The quantitative estimate of drug-likeness (QED) is 0.572. The number of carbonyl (C=O) groups excluding carboxylic acids is 3. The van der Waals surface area contributed by atoms with Crippen molar-refractivity contribution in [1.82, 2.24) is 0 Å². The Balaban J connectivity index is 3.09. The van der Waals surface area contributed by atoms with Gasteiger partial charge in [-0.3, -0.25) is 14.4 Å². The summed E-state index contributed by atoms with van der Waals surface area (Å²) in [5, 5.41) is 0. The monoisotopic (exact) mass is 357 g/mol. The molecule has 1 fully saturated rings. The molecule has 2 N–H and O–H groups in total. The highest BCUT2D eigenvalue weighted by Gasteiger charge is 2.42. The van der Waals surface area contributed by atoms with Crippen molar-refractivity contribution in [2.75, 3.05) is 0 Å². The molecule has 1 aliphatic heterocycles. The zero-order valence-corrected chi connectivity index (χ0v) is 15.8. The van der Waals surface area contributed by atoms with E-state index in [2.05, 4.69) is 0 Å². The van der Waals surface area contributed by atoms with Crippen molar-refractivity contribution in [2.24, 2.45) is 17.6 Å². The Morgan fingerprint density at radius 1 is 1.16 bits per heavy atom. The van der Waals surface area contributed by atoms with Crippen molar-refractivity contribution in [2.45, 2.75) is 84.7 Å². The number of esters is 3. The zero-order chi connectivity index (χ0) is 19.1. The first-order valence-corrected chi connectivity index (χ1v) is 9.03. The van der Waals surface area contributed by atoms with Crippen LogP contribution < -0.4 is 5.73 Å². The standard InChI is InChI=1S/C18H31NO6/c1-6-7-8-13-16(25-14(20)9-10(2)3)12(5)24-18(22)15(19)11(4)23-17(13)21/h10-13,15-16H,6-9,19H2,1-5H3/t11-,12+,13-,15+,16+/m0/s1. The summed E-state index contributed by atoms with van der Waals surface area (Å²) in [6.45, 7) is 8.97. The molecule has 0 saturated carbocycles. The first-order chi connectivity index (χ1) is 11.7. The second-order valence-electron chi connectivity index (χ2n) is 7.11. The summed E-state index contributed by atoms with van der Waals surface area (Å²) in [6, 6.07) is -1.07. The molecule has 0 unspecified atom stereocenters. The minimum Gasteiger partial charge on any atom is -0.460 e. The van der Waals surface area contributed by atoms with Gasteiger partial charge in [-0.05, 0) is 26.2 Å². The fourth-order valence-electron chi connectivity index (χ4n) is 2.74. The Hall–Kier alpha value is -1.63. The minimum absolute atomic E-state index is 0.121. The summed E-state index contributed by atoms with van der Waals surface area (Å²) in [7, 11) is 0. The molecule has 0 bridgehead atoms. The lowest BCUT2D eigenvalue weighted by atomic mass is 9.92. The van der Waals surface area contributed by atoms with Crippen molar-refractivity contribution >= 4 is 17.9 Å². The normalized spacial score (nSPS) is 30.8. The Morgan fingerprint density at radius 2 is 1.76 bits per heavy atom. The number of rotatable bonds is 6. The van der Waals surface area contributed by atoms with Gasteiger partial charge in [-0.2, -0.15) is 0 Å². The lowest BCUT2D eigenvalue weighted by Crippen LogP contribution is -2.44. The van der Waals surface area contributed by atoms with E-state index < -0.39 is 48.2 Å². The van der Waals surface area contributed by atoms with Crippen LogP contribution >= 0.6 is 0 Å². The number of unbranched alkanes of at least 4 members (excludes halogenated alkanes) is 1. The Morgan fingerprint density at radius 3 is 2.32 bits per heavy atom. The summed E-state index contributed by atoms with van der Waals surface area (Å²) >= 11 is 0. The predicted octanol–water partition coefficient (Wildman–Crippen LogP) is 1.95. The van der Waals surface area contributed by atoms with Crippen LogP contribution in [0.3, 0.4) is 0 Å². The van der Waals surface area contributed by atoms with Crippen LogP contribution in [0.25, 0.3) is 0 Å². The van der Waals surface area contributed by atoms with Crippen molar-refractivity contribution in [3.8, 4) is 0 Å². The van der Waals surface area contributed by atoms with Gasteiger partial charge in [-0.25, -0.2) is 0 Å². The van der Waals surface area contributed by atoms with E-state index >= 15 is 0 Å². The SMILES string of the molecule is CCCC[C@@H]1C(=O)O[C@@H](C)[C@@H](N)C(=O)O[C@H](C)[C@H]1OC(=O)CC(C)C. The van der Waals surface area contributed by atoms with Gasteiger partial charge in [0.15, 0.2) is 6.10 Å². The Bertz CT molecular complexity index is 478. The van der Waals surface area contributed by atoms with Gasteiger partial charge in [0, 0.05) is 6.42 Å². The fourth-order valence-corrected chi connectivity index (χ4v) is 2.74. The van der Waals surface area contributed by atoms with Crippen LogP contribution in [-0.2, 0) is 28.6 Å². The van der Waals surface area contributed by atoms with Gasteiger partial charge in [0.1, 0.15) is 18.2 Å². The van der Waals surface area contributed by atoms with Crippen LogP contribution in [0.15, 0.2) is 0 Å². The smallest absolute Gasteiger partial charge is 0.327 e. The lowest BCUT2D eigenvalue weighted by Gasteiger charge is -2.29. The maximum absolute atomic E-state index is 12.6. The predicted molar refractivity (Wildman–Crippen MR) is 91.4 cm³/mol. The highest BCUT2D eigenvalue weighted by atomic mass is 16.6. The van der Waals surface area contributed by atoms with Crippen LogP contribution in [0.4, 0.5) is 0 Å². The summed E-state index contributed by atoms with van der Waals surface area (Å²) in [4.78, 5) is 36.9. The molecule has 0 aromatic carbocycles. The van der Waals surface area contributed by atoms with Crippen LogP contribution in [0.1, 0.15) is 60.3 Å². The average molecular weight is 357 g/mol. The Labute approximate surface area is 149 Å². The van der Waals surface area contributed by atoms with Crippen LogP contribution in [0, 0.1) is 11.8 Å². The number of hydrogen-bond acceptors (Lipinski definition) is 7. The molecule has 0 spiro atoms. The fraction of sp³-hybridized carbons (Fsp3) is 0.833. The second kappa shape index (κ2) is 9.75. The molecule has 25 heavy (non-hydrogen) atoms. The number of cyclic esters (lactones) is 2. The molecule has 144 valence electrons. The molecule has 5 atom stereocenters. The largest absolute Gasteiger partial charge is 0.460 e. The van der Waals surface area contributed by atoms with E-state index in [0.717, 1.165) is 12.8 Å². The van der Waals surface area contributed by atoms with E-state index in [0.29, 0.717) is 6.42 Å². The van der Waals surface area contributed by atoms with Crippen molar-refractivity contribution in [3.63, 3.8) is 0 Å². The van der Waals surface area contributed by atoms with Gasteiger partial charge in [0.2, 0.25) is 0 Å². The van der Waals surface area contributed by atoms with Gasteiger partial charge < -0.3 is 19.9 Å². The summed E-state index contributed by atoms with van der Waals surface area (Å²) in [5.74, 6) is -2.17. The van der Waals surface area contributed by atoms with Gasteiger partial charge in [0.05, 0.1) is 5.92 Å². The molecule has 0 aromatic heterocycles. The van der Waals surface area contributed by atoms with Gasteiger partial charge in [0.25, 0.3) is 0 Å². The minimum atomic E-state index is -1.07. The molecule has 0 amide bonds. The number of hydrogen-bond donors (Lipinski definition) is 1. The van der Waals surface area contributed by atoms with Crippen molar-refractivity contribution in [3.05, 3.63) is 0 Å². The molecule has 7 nitrogen and oxygen atoms in total. The zero-order valence-electron chi connectivity index (χ0n) is 15.8. The van der Waals surface area contributed by atoms with E-state index in [-0.39, 0.29) is 12.3 Å². The highest BCUT2D eigenvalue weighted by molar-refractivity contribution is 5.79. The molecule has 0 radical (unpaired) electrons. The van der Waals surface area contributed by atoms with Crippen LogP contribution in [-0.4, -0.2) is 42.3 Å². The first kappa shape index (κ1) is 21.4. The third-order valence-corrected chi connectivity index (χ3v) is 4.26. The average Bonchev–Trinajstić information content (AvgIpc) is 2.53. The van der Waals surface area contributed by atoms with E-state index in [1.54, 1.807) is 13.8 Å². The lowest BCUT2D eigenvalue weighted by molar-refractivity contribution is -0.175. The van der Waals surface area contributed by atoms with E-state index in [4.69, 9.17) is 19.9 Å². The molecule has 1 heterocycles. The maximum atomic E-state index is 12.6. The molecule has 1 aliphatic rings. The molecule has 1 rings (SSSR count). The van der Waals surface area contributed by atoms with Gasteiger partial charge >= 0.3 is 17.9 Å². The molecule has 7 heteroatoms. The molecule has 0 aromatic rings. The third kappa shape index (κ3) is 6.30. The van der Waals surface area contributed by atoms with Crippen LogP contribution in [0.5, 0.6) is 0 Å². The summed E-state index contributed by atoms with van der Waals surface area (Å²) < 4.78 is 16.3. The maximum Gasteiger partial charge on any atom is 0.327 e. The van der Waals surface area contributed by atoms with E-state index in [1.807, 2.05) is 20.8 Å². The van der Waals surface area contributed by atoms with Gasteiger partial charge in [-0.1, -0.05) is 33.6 Å². The topological polar surface area (TPSA) is 105 Å². The molecule has 0 aliphatic carbocycles. The number of ether oxygens (including phenoxy) is 3. The highest BCUT2D eigenvalue weighted by Crippen LogP contribution is 2.26. The second-order valence-corrected chi connectivity index (χ2v) is 7.11. The third-order valence-electron chi connectivity index (χ3n) is 4.26. The molecule has 1 saturated heterocycles. The number of carbonyl (C=O) groups is 3. The number of nitrogens with two attached hydrogens (primary N) is 1. The van der Waals surface area contributed by atoms with E-state index in [1.165, 1.54) is 0 Å². The molecular formula is C18H31NO6. The summed E-state index contributed by atoms with van der Waals surface area (Å²) in [6.07, 6.45) is -0.122. The van der Waals surface area contributed by atoms with Crippen molar-refractivity contribution < 1.29 is 28.6 Å².